The quantitative estimate of drug-likeness (QED) is 0.686. The van der Waals surface area contributed by atoms with E-state index < -0.39 is 6.10 Å². The van der Waals surface area contributed by atoms with E-state index in [4.69, 9.17) is 4.74 Å². The van der Waals surface area contributed by atoms with Gasteiger partial charge in [0.25, 0.3) is 0 Å². The molecule has 2 aromatic rings. The molecule has 1 N–H and O–H groups in total. The number of ketones is 1. The van der Waals surface area contributed by atoms with Crippen LogP contribution in [0.4, 0.5) is 0 Å². The van der Waals surface area contributed by atoms with Gasteiger partial charge in [-0.25, -0.2) is 0 Å². The first kappa shape index (κ1) is 12.9. The van der Waals surface area contributed by atoms with Crippen molar-refractivity contribution >= 4 is 22.7 Å². The number of fused-ring (bicyclic) bond motifs is 1. The molecular formula is C16H17NO3. The summed E-state index contributed by atoms with van der Waals surface area (Å²) < 4.78 is 5.29. The van der Waals surface area contributed by atoms with E-state index in [1.165, 1.54) is 0 Å². The maximum absolute atomic E-state index is 12.4. The number of rotatable bonds is 4. The SMILES string of the molecule is CC(OC(=O)C1CCC1)C(=O)c1c[nH]c2ccccc12. The molecule has 20 heavy (non-hydrogen) atoms. The Labute approximate surface area is 117 Å². The molecule has 4 nitrogen and oxygen atoms in total. The molecule has 1 saturated carbocycles. The molecule has 0 bridgehead atoms. The maximum atomic E-state index is 12.4. The fourth-order valence-electron chi connectivity index (χ4n) is 2.46. The highest BCUT2D eigenvalue weighted by molar-refractivity contribution is 6.10. The first-order valence-electron chi connectivity index (χ1n) is 6.97. The summed E-state index contributed by atoms with van der Waals surface area (Å²) in [7, 11) is 0. The normalized spacial score (nSPS) is 16.6. The van der Waals surface area contributed by atoms with Gasteiger partial charge >= 0.3 is 5.97 Å². The monoisotopic (exact) mass is 271 g/mol. The van der Waals surface area contributed by atoms with Crippen LogP contribution in [0.15, 0.2) is 30.5 Å². The summed E-state index contributed by atoms with van der Waals surface area (Å²) in [6.45, 7) is 1.64. The van der Waals surface area contributed by atoms with Gasteiger partial charge in [-0.2, -0.15) is 0 Å². The van der Waals surface area contributed by atoms with Gasteiger partial charge in [0.1, 0.15) is 0 Å². The summed E-state index contributed by atoms with van der Waals surface area (Å²) >= 11 is 0. The Kier molecular flexibility index (Phi) is 3.30. The Morgan fingerprint density at radius 3 is 2.75 bits per heavy atom. The van der Waals surface area contributed by atoms with Crippen molar-refractivity contribution in [3.63, 3.8) is 0 Å². The number of para-hydroxylation sites is 1. The molecule has 0 aliphatic heterocycles. The Morgan fingerprint density at radius 1 is 1.30 bits per heavy atom. The van der Waals surface area contributed by atoms with Crippen molar-refractivity contribution in [1.82, 2.24) is 4.98 Å². The average molecular weight is 271 g/mol. The van der Waals surface area contributed by atoms with Crippen molar-refractivity contribution < 1.29 is 14.3 Å². The molecule has 1 atom stereocenters. The molecule has 1 aliphatic carbocycles. The topological polar surface area (TPSA) is 59.2 Å². The van der Waals surface area contributed by atoms with Crippen LogP contribution in [0, 0.1) is 5.92 Å². The van der Waals surface area contributed by atoms with E-state index in [0.29, 0.717) is 5.56 Å². The number of aromatic nitrogens is 1. The number of carbonyl (C=O) groups is 2. The van der Waals surface area contributed by atoms with Crippen molar-refractivity contribution in [2.45, 2.75) is 32.3 Å². The predicted molar refractivity (Wildman–Crippen MR) is 75.5 cm³/mol. The number of esters is 1. The Hall–Kier alpha value is -2.10. The lowest BCUT2D eigenvalue weighted by Crippen LogP contribution is -2.31. The highest BCUT2D eigenvalue weighted by atomic mass is 16.5. The smallest absolute Gasteiger partial charge is 0.309 e. The van der Waals surface area contributed by atoms with Gasteiger partial charge < -0.3 is 9.72 Å². The highest BCUT2D eigenvalue weighted by Crippen LogP contribution is 2.28. The minimum atomic E-state index is -0.734. The molecule has 4 heteroatoms. The maximum Gasteiger partial charge on any atom is 0.309 e. The van der Waals surface area contributed by atoms with Gasteiger partial charge in [-0.1, -0.05) is 24.6 Å². The van der Waals surface area contributed by atoms with Crippen LogP contribution in [0.3, 0.4) is 0 Å². The lowest BCUT2D eigenvalue weighted by atomic mass is 9.85. The molecule has 1 aromatic heterocycles. The molecule has 1 fully saturated rings. The Morgan fingerprint density at radius 2 is 2.05 bits per heavy atom. The zero-order valence-corrected chi connectivity index (χ0v) is 11.4. The van der Waals surface area contributed by atoms with E-state index in [9.17, 15) is 9.59 Å². The van der Waals surface area contributed by atoms with E-state index in [2.05, 4.69) is 4.98 Å². The second kappa shape index (κ2) is 5.12. The van der Waals surface area contributed by atoms with Gasteiger partial charge in [-0.15, -0.1) is 0 Å². The first-order valence-corrected chi connectivity index (χ1v) is 6.97. The summed E-state index contributed by atoms with van der Waals surface area (Å²) in [5.74, 6) is -0.403. The van der Waals surface area contributed by atoms with Crippen molar-refractivity contribution in [2.24, 2.45) is 5.92 Å². The van der Waals surface area contributed by atoms with Crippen LogP contribution in [0.5, 0.6) is 0 Å². The number of benzene rings is 1. The Balaban J connectivity index is 1.76. The summed E-state index contributed by atoms with van der Waals surface area (Å²) in [4.78, 5) is 27.2. The highest BCUT2D eigenvalue weighted by Gasteiger charge is 2.30. The lowest BCUT2D eigenvalue weighted by molar-refractivity contribution is -0.154. The third kappa shape index (κ3) is 2.22. The molecule has 0 radical (unpaired) electrons. The van der Waals surface area contributed by atoms with Crippen molar-refractivity contribution in [1.29, 1.82) is 0 Å². The summed E-state index contributed by atoms with van der Waals surface area (Å²) in [6.07, 6.45) is 3.78. The standard InChI is InChI=1S/C16H17NO3/c1-10(20-16(19)11-5-4-6-11)15(18)13-9-17-14-8-3-2-7-12(13)14/h2-3,7-11,17H,4-6H2,1H3. The molecule has 104 valence electrons. The van der Waals surface area contributed by atoms with Crippen molar-refractivity contribution in [3.8, 4) is 0 Å². The average Bonchev–Trinajstić information content (AvgIpc) is 2.79. The minimum absolute atomic E-state index is 0.00628. The second-order valence-corrected chi connectivity index (χ2v) is 5.32. The molecule has 0 saturated heterocycles. The molecule has 1 aromatic carbocycles. The number of H-pyrrole nitrogens is 1. The summed E-state index contributed by atoms with van der Waals surface area (Å²) in [6, 6.07) is 7.60. The van der Waals surface area contributed by atoms with Gasteiger partial charge in [0, 0.05) is 22.7 Å². The first-order chi connectivity index (χ1) is 9.66. The third-order valence-electron chi connectivity index (χ3n) is 3.96. The number of ether oxygens (including phenoxy) is 1. The predicted octanol–water partition coefficient (Wildman–Crippen LogP) is 3.08. The van der Waals surface area contributed by atoms with Crippen LogP contribution in [0.2, 0.25) is 0 Å². The lowest BCUT2D eigenvalue weighted by Gasteiger charge is -2.24. The molecule has 1 unspecified atom stereocenters. The van der Waals surface area contributed by atoms with Crippen LogP contribution in [-0.4, -0.2) is 22.8 Å². The number of aromatic amines is 1. The van der Waals surface area contributed by atoms with Crippen LogP contribution in [0.25, 0.3) is 10.9 Å². The van der Waals surface area contributed by atoms with E-state index in [1.807, 2.05) is 24.3 Å². The number of carbonyl (C=O) groups excluding carboxylic acids is 2. The summed E-state index contributed by atoms with van der Waals surface area (Å²) in [5, 5.41) is 0.865. The molecular weight excluding hydrogens is 254 g/mol. The second-order valence-electron chi connectivity index (χ2n) is 5.32. The van der Waals surface area contributed by atoms with Gasteiger partial charge in [0.2, 0.25) is 5.78 Å². The van der Waals surface area contributed by atoms with Gasteiger partial charge in [-0.05, 0) is 25.8 Å². The van der Waals surface area contributed by atoms with Gasteiger partial charge in [0.15, 0.2) is 6.10 Å². The Bertz CT molecular complexity index is 655. The number of hydrogen-bond acceptors (Lipinski definition) is 3. The number of nitrogens with one attached hydrogen (secondary N) is 1. The molecule has 0 amide bonds. The zero-order valence-electron chi connectivity index (χ0n) is 11.4. The van der Waals surface area contributed by atoms with Crippen LogP contribution in [-0.2, 0) is 9.53 Å². The van der Waals surface area contributed by atoms with Crippen molar-refractivity contribution in [3.05, 3.63) is 36.0 Å². The molecule has 1 heterocycles. The molecule has 3 rings (SSSR count). The van der Waals surface area contributed by atoms with E-state index in [0.717, 1.165) is 30.2 Å². The fourth-order valence-corrected chi connectivity index (χ4v) is 2.46. The number of hydrogen-bond donors (Lipinski definition) is 1. The minimum Gasteiger partial charge on any atom is -0.454 e. The van der Waals surface area contributed by atoms with Crippen LogP contribution in [0.1, 0.15) is 36.5 Å². The number of Topliss-reactive ketones (excluding diaryl/α,β-unsaturated/α-hetero) is 1. The van der Waals surface area contributed by atoms with Crippen LogP contribution < -0.4 is 0 Å². The molecule has 1 aliphatic rings. The summed E-state index contributed by atoms with van der Waals surface area (Å²) in [5.41, 5.74) is 1.49. The van der Waals surface area contributed by atoms with Crippen LogP contribution >= 0.6 is 0 Å². The van der Waals surface area contributed by atoms with Gasteiger partial charge in [-0.3, -0.25) is 9.59 Å². The van der Waals surface area contributed by atoms with E-state index in [-0.39, 0.29) is 17.7 Å². The van der Waals surface area contributed by atoms with Crippen molar-refractivity contribution in [2.75, 3.05) is 0 Å². The fraction of sp³-hybridized carbons (Fsp3) is 0.375. The third-order valence-corrected chi connectivity index (χ3v) is 3.96. The zero-order chi connectivity index (χ0) is 14.1. The molecule has 0 spiro atoms. The van der Waals surface area contributed by atoms with E-state index in [1.54, 1.807) is 13.1 Å². The largest absolute Gasteiger partial charge is 0.454 e. The van der Waals surface area contributed by atoms with Gasteiger partial charge in [0.05, 0.1) is 5.92 Å². The van der Waals surface area contributed by atoms with E-state index >= 15 is 0 Å².